The highest BCUT2D eigenvalue weighted by atomic mass is 32.2. The topological polar surface area (TPSA) is 55.3 Å². The summed E-state index contributed by atoms with van der Waals surface area (Å²) in [4.78, 5) is 13.1. The van der Waals surface area contributed by atoms with Crippen LogP contribution in [0, 0.1) is 0 Å². The number of benzene rings is 1. The molecule has 0 N–H and O–H groups in total. The summed E-state index contributed by atoms with van der Waals surface area (Å²) >= 11 is 4.10. The van der Waals surface area contributed by atoms with E-state index >= 15 is 0 Å². The van der Waals surface area contributed by atoms with Gasteiger partial charge in [0.25, 0.3) is 5.24 Å². The highest BCUT2D eigenvalue weighted by molar-refractivity contribution is 8.15. The molecule has 0 atom stereocenters. The monoisotopic (exact) mass is 341 g/mol. The number of ether oxygens (including phenoxy) is 1. The molecule has 0 radical (unpaired) electrons. The van der Waals surface area contributed by atoms with Gasteiger partial charge in [0, 0.05) is 31.6 Å². The Bertz CT molecular complexity index is 575. The molecule has 0 aliphatic heterocycles. The summed E-state index contributed by atoms with van der Waals surface area (Å²) in [7, 11) is 3.43. The average molecular weight is 341 g/mol. The Morgan fingerprint density at radius 1 is 1.24 bits per heavy atom. The van der Waals surface area contributed by atoms with Gasteiger partial charge in [0.2, 0.25) is 0 Å². The molecule has 0 fully saturated rings. The maximum atomic E-state index is 11.5. The highest BCUT2D eigenvalue weighted by Crippen LogP contribution is 2.29. The van der Waals surface area contributed by atoms with E-state index in [9.17, 15) is 4.79 Å². The van der Waals surface area contributed by atoms with Gasteiger partial charge in [0.05, 0.1) is 6.61 Å². The van der Waals surface area contributed by atoms with Gasteiger partial charge in [-0.15, -0.1) is 10.2 Å². The second kappa shape index (κ2) is 8.26. The summed E-state index contributed by atoms with van der Waals surface area (Å²) in [5.41, 5.74) is 0. The van der Waals surface area contributed by atoms with Crippen LogP contribution >= 0.6 is 34.9 Å². The van der Waals surface area contributed by atoms with E-state index in [2.05, 4.69) is 10.2 Å². The zero-order chi connectivity index (χ0) is 15.1. The Hall–Kier alpha value is -1.25. The first-order valence-corrected chi connectivity index (χ1v) is 8.80. The Balaban J connectivity index is 1.72. The molecule has 8 heteroatoms. The lowest BCUT2D eigenvalue weighted by Crippen LogP contribution is -2.15. The molecular weight excluding hydrogens is 326 g/mol. The molecule has 1 aromatic carbocycles. The molecule has 0 spiro atoms. The van der Waals surface area contributed by atoms with Gasteiger partial charge in [-0.25, -0.2) is 0 Å². The summed E-state index contributed by atoms with van der Waals surface area (Å²) < 4.78 is 7.11. The first kappa shape index (κ1) is 16.1. The Labute approximate surface area is 136 Å². The van der Waals surface area contributed by atoms with Crippen molar-refractivity contribution in [1.82, 2.24) is 15.1 Å². The Kier molecular flexibility index (Phi) is 6.34. The molecule has 0 aliphatic carbocycles. The molecule has 5 nitrogen and oxygen atoms in total. The fraction of sp³-hybridized carbons (Fsp3) is 0.308. The molecule has 0 saturated carbocycles. The minimum absolute atomic E-state index is 0.0462. The molecule has 1 amide bonds. The normalized spacial score (nSPS) is 10.4. The number of nitrogens with zero attached hydrogens (tertiary/aromatic N) is 3. The Morgan fingerprint density at radius 3 is 2.67 bits per heavy atom. The molecular formula is C13H15N3O2S3. The maximum Gasteiger partial charge on any atom is 0.288 e. The molecule has 1 heterocycles. The van der Waals surface area contributed by atoms with Crippen molar-refractivity contribution < 1.29 is 9.53 Å². The summed E-state index contributed by atoms with van der Waals surface area (Å²) in [5.74, 6) is 1.65. The van der Waals surface area contributed by atoms with E-state index in [1.807, 2.05) is 30.3 Å². The number of carbonyl (C=O) groups is 1. The number of aromatic nitrogens is 2. The smallest absolute Gasteiger partial charge is 0.288 e. The zero-order valence-electron chi connectivity index (χ0n) is 11.7. The number of rotatable bonds is 6. The number of hydrogen-bond donors (Lipinski definition) is 0. The quantitative estimate of drug-likeness (QED) is 0.592. The molecule has 0 unspecified atom stereocenters. The number of thioether (sulfide) groups is 2. The lowest BCUT2D eigenvalue weighted by Gasteiger charge is -2.06. The second-order valence-electron chi connectivity index (χ2n) is 4.11. The SMILES string of the molecule is CN(C)C(=O)Sc1nnc(SCCOc2ccccc2)s1. The van der Waals surface area contributed by atoms with Gasteiger partial charge in [-0.05, 0) is 12.1 Å². The Morgan fingerprint density at radius 2 is 1.95 bits per heavy atom. The molecule has 2 aromatic rings. The van der Waals surface area contributed by atoms with Crippen LogP contribution in [-0.4, -0.2) is 46.8 Å². The predicted octanol–water partition coefficient (Wildman–Crippen LogP) is 3.48. The van der Waals surface area contributed by atoms with Crippen molar-refractivity contribution in [3.8, 4) is 5.75 Å². The molecule has 2 rings (SSSR count). The van der Waals surface area contributed by atoms with Crippen LogP contribution in [0.25, 0.3) is 0 Å². The number of amides is 1. The summed E-state index contributed by atoms with van der Waals surface area (Å²) in [6, 6.07) is 9.70. The molecule has 0 aliphatic rings. The van der Waals surface area contributed by atoms with Crippen LogP contribution in [0.15, 0.2) is 39.0 Å². The molecule has 0 saturated heterocycles. The molecule has 0 bridgehead atoms. The van der Waals surface area contributed by atoms with Crippen molar-refractivity contribution in [3.63, 3.8) is 0 Å². The fourth-order valence-corrected chi connectivity index (χ4v) is 3.93. The average Bonchev–Trinajstić information content (AvgIpc) is 2.92. The van der Waals surface area contributed by atoms with Gasteiger partial charge in [-0.2, -0.15) is 0 Å². The van der Waals surface area contributed by atoms with Crippen LogP contribution < -0.4 is 4.74 Å². The van der Waals surface area contributed by atoms with Crippen LogP contribution in [0.1, 0.15) is 0 Å². The van der Waals surface area contributed by atoms with E-state index < -0.39 is 0 Å². The van der Waals surface area contributed by atoms with Gasteiger partial charge in [0.1, 0.15) is 5.75 Å². The summed E-state index contributed by atoms with van der Waals surface area (Å²) in [6.45, 7) is 0.605. The van der Waals surface area contributed by atoms with E-state index in [0.717, 1.165) is 27.6 Å². The lowest BCUT2D eigenvalue weighted by atomic mass is 10.3. The maximum absolute atomic E-state index is 11.5. The van der Waals surface area contributed by atoms with E-state index in [0.29, 0.717) is 10.9 Å². The van der Waals surface area contributed by atoms with Crippen molar-refractivity contribution >= 4 is 40.1 Å². The minimum Gasteiger partial charge on any atom is -0.493 e. The van der Waals surface area contributed by atoms with Crippen molar-refractivity contribution in [2.24, 2.45) is 0 Å². The van der Waals surface area contributed by atoms with Crippen molar-refractivity contribution in [2.45, 2.75) is 8.68 Å². The van der Waals surface area contributed by atoms with Gasteiger partial charge in [-0.1, -0.05) is 41.3 Å². The van der Waals surface area contributed by atoms with Gasteiger partial charge < -0.3 is 9.64 Å². The van der Waals surface area contributed by atoms with Crippen molar-refractivity contribution in [3.05, 3.63) is 30.3 Å². The van der Waals surface area contributed by atoms with Crippen LogP contribution in [-0.2, 0) is 0 Å². The van der Waals surface area contributed by atoms with Gasteiger partial charge >= 0.3 is 0 Å². The van der Waals surface area contributed by atoms with E-state index in [1.54, 1.807) is 25.9 Å². The third-order valence-corrected chi connectivity index (χ3v) is 5.36. The van der Waals surface area contributed by atoms with Crippen molar-refractivity contribution in [1.29, 1.82) is 0 Å². The highest BCUT2D eigenvalue weighted by Gasteiger charge is 2.12. The number of carbonyl (C=O) groups excluding carboxylic acids is 1. The third kappa shape index (κ3) is 5.56. The van der Waals surface area contributed by atoms with Gasteiger partial charge in [-0.3, -0.25) is 4.79 Å². The largest absolute Gasteiger partial charge is 0.493 e. The third-order valence-electron chi connectivity index (χ3n) is 2.25. The van der Waals surface area contributed by atoms with E-state index in [1.165, 1.54) is 16.2 Å². The number of para-hydroxylation sites is 1. The number of hydrogen-bond acceptors (Lipinski definition) is 7. The molecule has 1 aromatic heterocycles. The van der Waals surface area contributed by atoms with Gasteiger partial charge in [0.15, 0.2) is 8.68 Å². The standard InChI is InChI=1S/C13H15N3O2S3/c1-16(2)13(17)21-12-15-14-11(20-12)19-9-8-18-10-6-4-3-5-7-10/h3-7H,8-9H2,1-2H3. The van der Waals surface area contributed by atoms with Crippen LogP contribution in [0.5, 0.6) is 5.75 Å². The van der Waals surface area contributed by atoms with Crippen LogP contribution in [0.4, 0.5) is 4.79 Å². The fourth-order valence-electron chi connectivity index (χ4n) is 1.27. The van der Waals surface area contributed by atoms with Crippen LogP contribution in [0.2, 0.25) is 0 Å². The van der Waals surface area contributed by atoms with E-state index in [-0.39, 0.29) is 5.24 Å². The lowest BCUT2D eigenvalue weighted by molar-refractivity contribution is 0.241. The second-order valence-corrected chi connectivity index (χ2v) is 7.62. The molecule has 112 valence electrons. The first-order valence-electron chi connectivity index (χ1n) is 6.18. The summed E-state index contributed by atoms with van der Waals surface area (Å²) in [6.07, 6.45) is 0. The predicted molar refractivity (Wildman–Crippen MR) is 87.5 cm³/mol. The first-order chi connectivity index (χ1) is 10.1. The van der Waals surface area contributed by atoms with Crippen molar-refractivity contribution in [2.75, 3.05) is 26.5 Å². The van der Waals surface area contributed by atoms with E-state index in [4.69, 9.17) is 4.74 Å². The summed E-state index contributed by atoms with van der Waals surface area (Å²) in [5, 5.41) is 8.01. The zero-order valence-corrected chi connectivity index (χ0v) is 14.1. The van der Waals surface area contributed by atoms with Crippen LogP contribution in [0.3, 0.4) is 0 Å². The molecule has 21 heavy (non-hydrogen) atoms. The minimum atomic E-state index is -0.0462.